The number of hydrogen-bond acceptors (Lipinski definition) is 4. The number of aromatic nitrogens is 1. The second-order valence-corrected chi connectivity index (χ2v) is 5.86. The smallest absolute Gasteiger partial charge is 0.325 e. The number of carbonyl (C=O) groups excluding carboxylic acids is 3. The summed E-state index contributed by atoms with van der Waals surface area (Å²) in [7, 11) is 0. The number of anilines is 1. The van der Waals surface area contributed by atoms with Crippen LogP contribution in [0.5, 0.6) is 0 Å². The molecule has 134 valence electrons. The molecule has 1 aliphatic heterocycles. The van der Waals surface area contributed by atoms with Gasteiger partial charge in [0.15, 0.2) is 0 Å². The molecular weight excluding hydrogens is 339 g/mol. The van der Waals surface area contributed by atoms with E-state index in [1.807, 2.05) is 0 Å². The van der Waals surface area contributed by atoms with Crippen molar-refractivity contribution in [3.63, 3.8) is 0 Å². The van der Waals surface area contributed by atoms with Crippen LogP contribution in [0.1, 0.15) is 18.4 Å². The Bertz CT molecular complexity index is 828. The molecule has 0 spiro atoms. The van der Waals surface area contributed by atoms with Crippen LogP contribution in [0.15, 0.2) is 48.7 Å². The highest BCUT2D eigenvalue weighted by molar-refractivity contribution is 6.04. The summed E-state index contributed by atoms with van der Waals surface area (Å²) in [5, 5.41) is 5.18. The fourth-order valence-corrected chi connectivity index (χ4v) is 2.66. The van der Waals surface area contributed by atoms with E-state index in [2.05, 4.69) is 15.6 Å². The molecule has 2 aromatic rings. The zero-order chi connectivity index (χ0) is 18.5. The SMILES string of the molecule is O=C(CCC1NC(=O)N(Cc2cccc(F)c2)C1=O)Nc1ccccn1. The summed E-state index contributed by atoms with van der Waals surface area (Å²) in [5.41, 5.74) is 0.516. The number of pyridine rings is 1. The van der Waals surface area contributed by atoms with Crippen molar-refractivity contribution < 1.29 is 18.8 Å². The Morgan fingerprint density at radius 2 is 2.08 bits per heavy atom. The van der Waals surface area contributed by atoms with Gasteiger partial charge in [-0.1, -0.05) is 18.2 Å². The zero-order valence-corrected chi connectivity index (χ0v) is 13.8. The summed E-state index contributed by atoms with van der Waals surface area (Å²) in [6, 6.07) is 9.52. The van der Waals surface area contributed by atoms with Gasteiger partial charge in [-0.05, 0) is 36.2 Å². The van der Waals surface area contributed by atoms with E-state index in [-0.39, 0.29) is 25.3 Å². The van der Waals surface area contributed by atoms with Crippen molar-refractivity contribution in [2.75, 3.05) is 5.32 Å². The molecule has 4 amide bonds. The molecule has 7 nitrogen and oxygen atoms in total. The van der Waals surface area contributed by atoms with Crippen molar-refractivity contribution >= 4 is 23.7 Å². The lowest BCUT2D eigenvalue weighted by molar-refractivity contribution is -0.128. The van der Waals surface area contributed by atoms with Gasteiger partial charge in [0, 0.05) is 12.6 Å². The van der Waals surface area contributed by atoms with Gasteiger partial charge in [-0.25, -0.2) is 14.2 Å². The molecule has 0 aliphatic carbocycles. The number of nitrogens with zero attached hydrogens (tertiary/aromatic N) is 2. The molecular formula is C18H17FN4O3. The maximum absolute atomic E-state index is 13.2. The van der Waals surface area contributed by atoms with Gasteiger partial charge in [0.1, 0.15) is 17.7 Å². The number of nitrogens with one attached hydrogen (secondary N) is 2. The lowest BCUT2D eigenvalue weighted by Gasteiger charge is -2.13. The predicted molar refractivity (Wildman–Crippen MR) is 91.4 cm³/mol. The number of amides is 4. The first-order valence-electron chi connectivity index (χ1n) is 8.10. The summed E-state index contributed by atoms with van der Waals surface area (Å²) >= 11 is 0. The highest BCUT2D eigenvalue weighted by Gasteiger charge is 2.37. The fourth-order valence-electron chi connectivity index (χ4n) is 2.66. The average Bonchev–Trinajstić information content (AvgIpc) is 2.88. The van der Waals surface area contributed by atoms with Crippen LogP contribution in [0.3, 0.4) is 0 Å². The Morgan fingerprint density at radius 3 is 2.81 bits per heavy atom. The van der Waals surface area contributed by atoms with E-state index in [4.69, 9.17) is 0 Å². The fraction of sp³-hybridized carbons (Fsp3) is 0.222. The monoisotopic (exact) mass is 356 g/mol. The summed E-state index contributed by atoms with van der Waals surface area (Å²) < 4.78 is 13.2. The molecule has 0 radical (unpaired) electrons. The standard InChI is InChI=1S/C18H17FN4O3/c19-13-5-3-4-12(10-13)11-23-17(25)14(21-18(23)26)7-8-16(24)22-15-6-1-2-9-20-15/h1-6,9-10,14H,7-8,11H2,(H,21,26)(H,20,22,24). The first-order valence-corrected chi connectivity index (χ1v) is 8.10. The summed E-state index contributed by atoms with van der Waals surface area (Å²) in [6.07, 6.45) is 1.78. The van der Waals surface area contributed by atoms with E-state index in [1.165, 1.54) is 18.2 Å². The lowest BCUT2D eigenvalue weighted by Crippen LogP contribution is -2.31. The highest BCUT2D eigenvalue weighted by Crippen LogP contribution is 2.16. The van der Waals surface area contributed by atoms with Crippen LogP contribution >= 0.6 is 0 Å². The van der Waals surface area contributed by atoms with Gasteiger partial charge in [-0.3, -0.25) is 14.5 Å². The number of carbonyl (C=O) groups is 3. The normalized spacial score (nSPS) is 16.5. The Morgan fingerprint density at radius 1 is 1.23 bits per heavy atom. The van der Waals surface area contributed by atoms with E-state index in [0.717, 1.165) is 4.90 Å². The van der Waals surface area contributed by atoms with E-state index in [0.29, 0.717) is 11.4 Å². The van der Waals surface area contributed by atoms with E-state index < -0.39 is 23.8 Å². The Balaban J connectivity index is 1.54. The molecule has 0 saturated carbocycles. The maximum atomic E-state index is 13.2. The van der Waals surface area contributed by atoms with Gasteiger partial charge in [0.05, 0.1) is 6.54 Å². The number of hydrogen-bond donors (Lipinski definition) is 2. The van der Waals surface area contributed by atoms with Crippen molar-refractivity contribution in [3.05, 3.63) is 60.0 Å². The number of rotatable bonds is 6. The lowest BCUT2D eigenvalue weighted by atomic mass is 10.1. The Labute approximate surface area is 149 Å². The third-order valence-corrected chi connectivity index (χ3v) is 3.93. The van der Waals surface area contributed by atoms with Crippen LogP contribution in [0, 0.1) is 5.82 Å². The van der Waals surface area contributed by atoms with E-state index >= 15 is 0 Å². The number of imide groups is 1. The molecule has 1 aliphatic rings. The molecule has 1 aromatic heterocycles. The minimum absolute atomic E-state index is 0.0148. The van der Waals surface area contributed by atoms with Crippen molar-refractivity contribution in [1.29, 1.82) is 0 Å². The Hall–Kier alpha value is -3.29. The first-order chi connectivity index (χ1) is 12.5. The number of benzene rings is 1. The predicted octanol–water partition coefficient (Wildman–Crippen LogP) is 2.06. The van der Waals surface area contributed by atoms with Crippen molar-refractivity contribution in [2.24, 2.45) is 0 Å². The molecule has 2 heterocycles. The largest absolute Gasteiger partial charge is 0.326 e. The van der Waals surface area contributed by atoms with Gasteiger partial charge in [-0.2, -0.15) is 0 Å². The van der Waals surface area contributed by atoms with Crippen LogP contribution < -0.4 is 10.6 Å². The van der Waals surface area contributed by atoms with E-state index in [1.54, 1.807) is 30.5 Å². The maximum Gasteiger partial charge on any atom is 0.325 e. The third kappa shape index (κ3) is 4.21. The van der Waals surface area contributed by atoms with Gasteiger partial charge in [0.2, 0.25) is 5.91 Å². The molecule has 1 atom stereocenters. The molecule has 1 fully saturated rings. The van der Waals surface area contributed by atoms with Gasteiger partial charge in [0.25, 0.3) is 5.91 Å². The molecule has 3 rings (SSSR count). The van der Waals surface area contributed by atoms with Crippen LogP contribution in [0.4, 0.5) is 15.0 Å². The minimum atomic E-state index is -0.773. The second kappa shape index (κ2) is 7.73. The number of halogens is 1. The van der Waals surface area contributed by atoms with Crippen molar-refractivity contribution in [1.82, 2.24) is 15.2 Å². The van der Waals surface area contributed by atoms with Gasteiger partial charge in [-0.15, -0.1) is 0 Å². The van der Waals surface area contributed by atoms with Crippen molar-refractivity contribution in [2.45, 2.75) is 25.4 Å². The molecule has 1 saturated heterocycles. The summed E-state index contributed by atoms with van der Waals surface area (Å²) in [6.45, 7) is -0.0148. The molecule has 1 unspecified atom stereocenters. The molecule has 8 heteroatoms. The highest BCUT2D eigenvalue weighted by atomic mass is 19.1. The van der Waals surface area contributed by atoms with Crippen LogP contribution in [-0.4, -0.2) is 33.8 Å². The van der Waals surface area contributed by atoms with Crippen LogP contribution in [0.2, 0.25) is 0 Å². The van der Waals surface area contributed by atoms with Crippen LogP contribution in [0.25, 0.3) is 0 Å². The molecule has 1 aromatic carbocycles. The van der Waals surface area contributed by atoms with Gasteiger partial charge >= 0.3 is 6.03 Å². The Kier molecular flexibility index (Phi) is 5.21. The minimum Gasteiger partial charge on any atom is -0.326 e. The summed E-state index contributed by atoms with van der Waals surface area (Å²) in [4.78, 5) is 41.3. The second-order valence-electron chi connectivity index (χ2n) is 5.86. The third-order valence-electron chi connectivity index (χ3n) is 3.93. The quantitative estimate of drug-likeness (QED) is 0.775. The zero-order valence-electron chi connectivity index (χ0n) is 13.8. The summed E-state index contributed by atoms with van der Waals surface area (Å²) in [5.74, 6) is -0.733. The molecule has 26 heavy (non-hydrogen) atoms. The van der Waals surface area contributed by atoms with Gasteiger partial charge < -0.3 is 10.6 Å². The topological polar surface area (TPSA) is 91.4 Å². The molecule has 2 N–H and O–H groups in total. The average molecular weight is 356 g/mol. The number of urea groups is 1. The van der Waals surface area contributed by atoms with Crippen molar-refractivity contribution in [3.8, 4) is 0 Å². The van der Waals surface area contributed by atoms with E-state index in [9.17, 15) is 18.8 Å². The molecule has 0 bridgehead atoms. The first kappa shape index (κ1) is 17.5. The van der Waals surface area contributed by atoms with Crippen LogP contribution in [-0.2, 0) is 16.1 Å².